The van der Waals surface area contributed by atoms with Crippen LogP contribution in [0, 0.1) is 0 Å². The molecule has 2 aromatic rings. The molecule has 1 aliphatic heterocycles. The van der Waals surface area contributed by atoms with Gasteiger partial charge in [0.1, 0.15) is 0 Å². The van der Waals surface area contributed by atoms with E-state index in [4.69, 9.17) is 0 Å². The summed E-state index contributed by atoms with van der Waals surface area (Å²) in [4.78, 5) is 27.6. The van der Waals surface area contributed by atoms with Crippen molar-refractivity contribution in [2.24, 2.45) is 0 Å². The number of amides is 2. The van der Waals surface area contributed by atoms with Gasteiger partial charge in [0.2, 0.25) is 5.91 Å². The molecule has 142 valence electrons. The van der Waals surface area contributed by atoms with Gasteiger partial charge >= 0.3 is 0 Å². The molecule has 1 fully saturated rings. The Morgan fingerprint density at radius 1 is 0.926 bits per heavy atom. The number of carbonyl (C=O) groups is 2. The summed E-state index contributed by atoms with van der Waals surface area (Å²) in [6.07, 6.45) is 0. The first-order chi connectivity index (χ1) is 13.1. The van der Waals surface area contributed by atoms with Gasteiger partial charge < -0.3 is 15.1 Å². The molecule has 1 atom stereocenters. The fourth-order valence-electron chi connectivity index (χ4n) is 3.64. The topological polar surface area (TPSA) is 53.9 Å². The van der Waals surface area contributed by atoms with Crippen molar-refractivity contribution < 1.29 is 14.5 Å². The van der Waals surface area contributed by atoms with E-state index in [1.807, 2.05) is 72.5 Å². The predicted octanol–water partition coefficient (Wildman–Crippen LogP) is 1.03. The highest BCUT2D eigenvalue weighted by atomic mass is 16.2. The van der Waals surface area contributed by atoms with Crippen LogP contribution in [0.25, 0.3) is 0 Å². The second kappa shape index (κ2) is 8.82. The Bertz CT molecular complexity index is 716. The molecule has 2 aromatic carbocycles. The molecular formula is C22H28N3O2+. The van der Waals surface area contributed by atoms with Crippen molar-refractivity contribution in [3.63, 3.8) is 0 Å². The van der Waals surface area contributed by atoms with Gasteiger partial charge in [-0.2, -0.15) is 0 Å². The molecule has 5 heteroatoms. The highest BCUT2D eigenvalue weighted by Crippen LogP contribution is 2.21. The van der Waals surface area contributed by atoms with Gasteiger partial charge in [-0.3, -0.25) is 9.59 Å². The molecule has 1 saturated heterocycles. The monoisotopic (exact) mass is 366 g/mol. The van der Waals surface area contributed by atoms with E-state index < -0.39 is 0 Å². The molecule has 27 heavy (non-hydrogen) atoms. The van der Waals surface area contributed by atoms with Crippen molar-refractivity contribution in [2.45, 2.75) is 25.9 Å². The number of nitrogens with zero attached hydrogens (tertiary/aromatic N) is 1. The Hall–Kier alpha value is -2.66. The van der Waals surface area contributed by atoms with Crippen molar-refractivity contribution in [3.05, 3.63) is 71.8 Å². The number of hydrogen-bond acceptors (Lipinski definition) is 2. The van der Waals surface area contributed by atoms with E-state index in [1.165, 1.54) is 4.90 Å². The maximum Gasteiger partial charge on any atom is 0.278 e. The van der Waals surface area contributed by atoms with Crippen LogP contribution in [0.2, 0.25) is 0 Å². The zero-order chi connectivity index (χ0) is 19.2. The maximum atomic E-state index is 13.0. The third kappa shape index (κ3) is 4.74. The molecule has 2 N–H and O–H groups in total. The van der Waals surface area contributed by atoms with Gasteiger partial charge in [0.25, 0.3) is 5.91 Å². The van der Waals surface area contributed by atoms with E-state index in [-0.39, 0.29) is 23.9 Å². The van der Waals surface area contributed by atoms with Gasteiger partial charge in [0, 0.05) is 6.92 Å². The smallest absolute Gasteiger partial charge is 0.278 e. The molecule has 3 rings (SSSR count). The molecule has 0 aliphatic carbocycles. The summed E-state index contributed by atoms with van der Waals surface area (Å²) < 4.78 is 0. The summed E-state index contributed by atoms with van der Waals surface area (Å²) in [7, 11) is 0. The Morgan fingerprint density at radius 2 is 1.41 bits per heavy atom. The lowest BCUT2D eigenvalue weighted by molar-refractivity contribution is -0.918. The van der Waals surface area contributed by atoms with E-state index in [1.54, 1.807) is 6.92 Å². The number of nitrogens with one attached hydrogen (secondary N) is 2. The first-order valence-electron chi connectivity index (χ1n) is 9.56. The lowest BCUT2D eigenvalue weighted by Gasteiger charge is -2.35. The highest BCUT2D eigenvalue weighted by Gasteiger charge is 2.31. The van der Waals surface area contributed by atoms with Crippen LogP contribution in [-0.2, 0) is 9.59 Å². The van der Waals surface area contributed by atoms with Crippen LogP contribution in [0.3, 0.4) is 0 Å². The van der Waals surface area contributed by atoms with Gasteiger partial charge in [0.15, 0.2) is 6.04 Å². The summed E-state index contributed by atoms with van der Waals surface area (Å²) in [5, 5.41) is 3.24. The minimum absolute atomic E-state index is 0.0407. The first-order valence-corrected chi connectivity index (χ1v) is 9.56. The average molecular weight is 366 g/mol. The Morgan fingerprint density at radius 3 is 1.85 bits per heavy atom. The number of rotatable bonds is 5. The van der Waals surface area contributed by atoms with Crippen molar-refractivity contribution in [2.75, 3.05) is 26.2 Å². The average Bonchev–Trinajstić information content (AvgIpc) is 2.72. The predicted molar refractivity (Wildman–Crippen MR) is 105 cm³/mol. The Labute approximate surface area is 161 Å². The molecule has 5 nitrogen and oxygen atoms in total. The molecule has 1 heterocycles. The number of carbonyl (C=O) groups excluding carboxylic acids is 2. The SMILES string of the molecule is CC(=O)N1CC[NH+]([C@H](C)C(=O)NC(c2ccccc2)c2ccccc2)CC1. The minimum atomic E-state index is -0.166. The van der Waals surface area contributed by atoms with Gasteiger partial charge in [0.05, 0.1) is 32.2 Å². The molecule has 2 amide bonds. The fraction of sp³-hybridized carbons (Fsp3) is 0.364. The summed E-state index contributed by atoms with van der Waals surface area (Å²) in [6.45, 7) is 6.60. The third-order valence-electron chi connectivity index (χ3n) is 5.41. The van der Waals surface area contributed by atoms with Crippen LogP contribution in [0.5, 0.6) is 0 Å². The van der Waals surface area contributed by atoms with Gasteiger partial charge in [-0.1, -0.05) is 60.7 Å². The number of piperazine rings is 1. The van der Waals surface area contributed by atoms with Crippen LogP contribution < -0.4 is 10.2 Å². The quantitative estimate of drug-likeness (QED) is 0.830. The molecule has 0 saturated carbocycles. The van der Waals surface area contributed by atoms with E-state index in [9.17, 15) is 9.59 Å². The standard InChI is InChI=1S/C22H27N3O2/c1-17(24-13-15-25(16-14-24)18(2)26)22(27)23-21(19-9-5-3-6-10-19)20-11-7-4-8-12-20/h3-12,17,21H,13-16H2,1-2H3,(H,23,27)/p+1/t17-/m1/s1. The largest absolute Gasteiger partial charge is 0.340 e. The van der Waals surface area contributed by atoms with Crippen LogP contribution in [0.1, 0.15) is 31.0 Å². The van der Waals surface area contributed by atoms with Gasteiger partial charge in [-0.05, 0) is 18.1 Å². The first kappa shape index (κ1) is 19.1. The van der Waals surface area contributed by atoms with Gasteiger partial charge in [-0.25, -0.2) is 0 Å². The van der Waals surface area contributed by atoms with E-state index in [0.29, 0.717) is 13.1 Å². The number of hydrogen-bond donors (Lipinski definition) is 2. The number of benzene rings is 2. The lowest BCUT2D eigenvalue weighted by atomic mass is 9.98. The van der Waals surface area contributed by atoms with Crippen molar-refractivity contribution in [1.29, 1.82) is 0 Å². The summed E-state index contributed by atoms with van der Waals surface area (Å²) >= 11 is 0. The van der Waals surface area contributed by atoms with E-state index in [2.05, 4.69) is 5.32 Å². The van der Waals surface area contributed by atoms with E-state index in [0.717, 1.165) is 24.2 Å². The van der Waals surface area contributed by atoms with Gasteiger partial charge in [-0.15, -0.1) is 0 Å². The molecular weight excluding hydrogens is 338 g/mol. The fourth-order valence-corrected chi connectivity index (χ4v) is 3.64. The van der Waals surface area contributed by atoms with Crippen LogP contribution >= 0.6 is 0 Å². The molecule has 0 spiro atoms. The summed E-state index contributed by atoms with van der Waals surface area (Å²) in [6, 6.07) is 19.8. The van der Waals surface area contributed by atoms with Crippen LogP contribution in [0.15, 0.2) is 60.7 Å². The lowest BCUT2D eigenvalue weighted by Crippen LogP contribution is -3.19. The Balaban J connectivity index is 1.70. The van der Waals surface area contributed by atoms with Crippen LogP contribution in [0.4, 0.5) is 0 Å². The summed E-state index contributed by atoms with van der Waals surface area (Å²) in [5.41, 5.74) is 2.14. The summed E-state index contributed by atoms with van der Waals surface area (Å²) in [5.74, 6) is 0.151. The second-order valence-corrected chi connectivity index (χ2v) is 7.15. The van der Waals surface area contributed by atoms with Crippen molar-refractivity contribution in [1.82, 2.24) is 10.2 Å². The minimum Gasteiger partial charge on any atom is -0.340 e. The van der Waals surface area contributed by atoms with Crippen LogP contribution in [-0.4, -0.2) is 48.9 Å². The molecule has 0 bridgehead atoms. The van der Waals surface area contributed by atoms with Crippen molar-refractivity contribution in [3.8, 4) is 0 Å². The normalized spacial score (nSPS) is 16.2. The molecule has 0 unspecified atom stereocenters. The maximum absolute atomic E-state index is 13.0. The third-order valence-corrected chi connectivity index (χ3v) is 5.41. The number of quaternary nitrogens is 1. The Kier molecular flexibility index (Phi) is 6.24. The van der Waals surface area contributed by atoms with E-state index >= 15 is 0 Å². The van der Waals surface area contributed by atoms with Crippen molar-refractivity contribution >= 4 is 11.8 Å². The molecule has 0 aromatic heterocycles. The second-order valence-electron chi connectivity index (χ2n) is 7.15. The zero-order valence-corrected chi connectivity index (χ0v) is 16.0. The molecule has 1 aliphatic rings. The molecule has 0 radical (unpaired) electrons. The zero-order valence-electron chi connectivity index (χ0n) is 16.0. The highest BCUT2D eigenvalue weighted by molar-refractivity contribution is 5.81.